The fourth-order valence-corrected chi connectivity index (χ4v) is 7.10. The Morgan fingerprint density at radius 2 is 1.62 bits per heavy atom. The molecule has 4 atom stereocenters. The van der Waals surface area contributed by atoms with Gasteiger partial charge in [0.25, 0.3) is 5.91 Å². The van der Waals surface area contributed by atoms with E-state index in [0.717, 1.165) is 36.4 Å². The van der Waals surface area contributed by atoms with Crippen molar-refractivity contribution in [1.29, 1.82) is 0 Å². The summed E-state index contributed by atoms with van der Waals surface area (Å²) >= 11 is 0. The molecule has 3 aliphatic carbocycles. The smallest absolute Gasteiger partial charge is 0.255 e. The minimum Gasteiger partial charge on any atom is -0.391 e. The first-order valence-corrected chi connectivity index (χ1v) is 12.3. The molecule has 4 N–H and O–H groups in total. The number of carbonyl (C=O) groups is 1. The van der Waals surface area contributed by atoms with Gasteiger partial charge in [0, 0.05) is 17.3 Å². The Morgan fingerprint density at radius 1 is 1.00 bits per heavy atom. The second-order valence-electron chi connectivity index (χ2n) is 9.07. The lowest BCUT2D eigenvalue weighted by Crippen LogP contribution is -2.69. The van der Waals surface area contributed by atoms with E-state index in [1.807, 2.05) is 0 Å². The normalized spacial score (nSPS) is 28.0. The van der Waals surface area contributed by atoms with Crippen molar-refractivity contribution in [3.8, 4) is 0 Å². The highest BCUT2D eigenvalue weighted by atomic mass is 32.2. The third-order valence-corrected chi connectivity index (χ3v) is 9.21. The fraction of sp³-hybridized carbons (Fsp3) is 0.435. The van der Waals surface area contributed by atoms with Crippen LogP contribution >= 0.6 is 0 Å². The molecule has 5 rings (SSSR count). The van der Waals surface area contributed by atoms with E-state index in [1.165, 1.54) is 6.92 Å². The number of aliphatic hydroxyl groups excluding tert-OH is 2. The van der Waals surface area contributed by atoms with Gasteiger partial charge in [-0.15, -0.1) is 0 Å². The van der Waals surface area contributed by atoms with Gasteiger partial charge in [-0.1, -0.05) is 0 Å². The first-order valence-electron chi connectivity index (χ1n) is 10.7. The van der Waals surface area contributed by atoms with Gasteiger partial charge in [0.15, 0.2) is 21.5 Å². The van der Waals surface area contributed by atoms with Crippen molar-refractivity contribution >= 4 is 21.4 Å². The number of carbonyl (C=O) groups excluding carboxylic acids is 1. The fourth-order valence-electron chi connectivity index (χ4n) is 5.14. The molecule has 2 aromatic carbocycles. The third kappa shape index (κ3) is 4.00. The summed E-state index contributed by atoms with van der Waals surface area (Å²) in [5.41, 5.74) is -1.88. The minimum atomic E-state index is -4.25. The number of hydrogen-bond acceptors (Lipinski definition) is 6. The lowest BCUT2D eigenvalue weighted by atomic mass is 9.51. The van der Waals surface area contributed by atoms with Crippen LogP contribution in [0.3, 0.4) is 0 Å². The number of benzene rings is 2. The van der Waals surface area contributed by atoms with Gasteiger partial charge in [0.05, 0.1) is 17.0 Å². The van der Waals surface area contributed by atoms with Gasteiger partial charge in [0.2, 0.25) is 0 Å². The second kappa shape index (κ2) is 8.63. The van der Waals surface area contributed by atoms with Gasteiger partial charge < -0.3 is 20.6 Å². The first kappa shape index (κ1) is 24.6. The highest BCUT2D eigenvalue weighted by Crippen LogP contribution is 2.57. The summed E-state index contributed by atoms with van der Waals surface area (Å²) in [4.78, 5) is 11.8. The molecular weight excluding hydrogens is 475 g/mol. The maximum absolute atomic E-state index is 14.6. The number of aliphatic hydroxyl groups is 3. The van der Waals surface area contributed by atoms with Crippen molar-refractivity contribution in [2.45, 2.75) is 54.1 Å². The number of amides is 1. The molecule has 11 heteroatoms. The van der Waals surface area contributed by atoms with Gasteiger partial charge in [0.1, 0.15) is 16.8 Å². The summed E-state index contributed by atoms with van der Waals surface area (Å²) in [6.07, 6.45) is -2.23. The molecule has 0 heterocycles. The molecular formula is C23H24F3NO6S. The Bertz CT molecular complexity index is 1220. The van der Waals surface area contributed by atoms with Crippen LogP contribution in [-0.2, 0) is 9.84 Å². The van der Waals surface area contributed by atoms with E-state index in [0.29, 0.717) is 6.42 Å². The van der Waals surface area contributed by atoms with Crippen molar-refractivity contribution in [2.75, 3.05) is 5.32 Å². The van der Waals surface area contributed by atoms with Crippen LogP contribution in [0.25, 0.3) is 0 Å². The zero-order valence-corrected chi connectivity index (χ0v) is 18.9. The van der Waals surface area contributed by atoms with Crippen LogP contribution in [0.2, 0.25) is 0 Å². The zero-order valence-electron chi connectivity index (χ0n) is 18.1. The van der Waals surface area contributed by atoms with Crippen LogP contribution in [0.1, 0.15) is 36.5 Å². The monoisotopic (exact) mass is 499 g/mol. The molecule has 2 unspecified atom stereocenters. The Balaban J connectivity index is 1.56. The Hall–Kier alpha value is -2.47. The largest absolute Gasteiger partial charge is 0.391 e. The van der Waals surface area contributed by atoms with Crippen molar-refractivity contribution in [3.05, 3.63) is 59.4 Å². The summed E-state index contributed by atoms with van der Waals surface area (Å²) in [7, 11) is -4.25. The van der Waals surface area contributed by atoms with Crippen LogP contribution in [0, 0.1) is 29.3 Å². The minimum absolute atomic E-state index is 0.0379. The molecule has 2 aromatic rings. The van der Waals surface area contributed by atoms with E-state index < -0.39 is 73.0 Å². The van der Waals surface area contributed by atoms with Crippen molar-refractivity contribution < 1.29 is 41.7 Å². The van der Waals surface area contributed by atoms with Gasteiger partial charge in [-0.05, 0) is 68.4 Å². The standard InChI is InChI=1S/C23H24F3NO6S/c1-11(28)21(29)23(31)13-7-14(23)9-16(8-13)34(32,33)20-6-12(2-4-18(20)25)22(30)27-15-3-5-17(24)19(26)10-15/h2-6,10-11,13-14,16,21,28-29,31H,7-9H2,1H3,(H,27,30)/t11-,13?,14?,16-,21+,23-/m0/s1. The van der Waals surface area contributed by atoms with E-state index >= 15 is 0 Å². The van der Waals surface area contributed by atoms with Gasteiger partial charge in [-0.3, -0.25) is 4.79 Å². The molecule has 184 valence electrons. The average molecular weight is 500 g/mol. The number of hydrogen-bond donors (Lipinski definition) is 4. The van der Waals surface area contributed by atoms with Gasteiger partial charge >= 0.3 is 0 Å². The highest BCUT2D eigenvalue weighted by Gasteiger charge is 2.63. The van der Waals surface area contributed by atoms with Crippen LogP contribution < -0.4 is 5.32 Å². The summed E-state index contributed by atoms with van der Waals surface area (Å²) in [5, 5.41) is 32.0. The number of anilines is 1. The zero-order chi connectivity index (χ0) is 25.0. The van der Waals surface area contributed by atoms with E-state index in [1.54, 1.807) is 0 Å². The van der Waals surface area contributed by atoms with Crippen LogP contribution in [-0.4, -0.2) is 52.7 Å². The van der Waals surface area contributed by atoms with Crippen LogP contribution in [0.4, 0.5) is 18.9 Å². The van der Waals surface area contributed by atoms with Crippen molar-refractivity contribution in [1.82, 2.24) is 0 Å². The SMILES string of the molecule is C[C@H](O)[C@@H](O)[C@]1(O)C2CC1C[C@@H](S(=O)(=O)c1cc(C(=O)Nc3ccc(F)c(F)c3)ccc1F)C2. The molecule has 0 aliphatic heterocycles. The molecule has 0 aromatic heterocycles. The van der Waals surface area contributed by atoms with E-state index in [9.17, 15) is 41.7 Å². The van der Waals surface area contributed by atoms with Crippen LogP contribution in [0.15, 0.2) is 41.3 Å². The summed E-state index contributed by atoms with van der Waals surface area (Å²) in [5.74, 6) is -5.35. The van der Waals surface area contributed by atoms with Crippen molar-refractivity contribution in [2.24, 2.45) is 11.8 Å². The molecule has 3 saturated carbocycles. The number of sulfone groups is 1. The molecule has 3 fully saturated rings. The topological polar surface area (TPSA) is 124 Å². The highest BCUT2D eigenvalue weighted by molar-refractivity contribution is 7.92. The number of nitrogens with one attached hydrogen (secondary N) is 1. The molecule has 1 amide bonds. The molecule has 0 spiro atoms. The predicted octanol–water partition coefficient (Wildman–Crippen LogP) is 2.40. The number of halogens is 3. The summed E-state index contributed by atoms with van der Waals surface area (Å²) in [6, 6.07) is 5.48. The summed E-state index contributed by atoms with van der Waals surface area (Å²) < 4.78 is 67.6. The van der Waals surface area contributed by atoms with Crippen molar-refractivity contribution in [3.63, 3.8) is 0 Å². The molecule has 2 bridgehead atoms. The Labute approximate surface area is 194 Å². The van der Waals surface area contributed by atoms with E-state index in [-0.39, 0.29) is 24.1 Å². The van der Waals surface area contributed by atoms with Gasteiger partial charge in [-0.2, -0.15) is 0 Å². The molecule has 0 radical (unpaired) electrons. The van der Waals surface area contributed by atoms with E-state index in [4.69, 9.17) is 0 Å². The third-order valence-electron chi connectivity index (χ3n) is 7.02. The average Bonchev–Trinajstić information content (AvgIpc) is 2.80. The first-order chi connectivity index (χ1) is 15.9. The molecule has 3 aliphatic rings. The lowest BCUT2D eigenvalue weighted by Gasteiger charge is -2.60. The molecule has 0 saturated heterocycles. The number of fused-ring (bicyclic) bond motifs is 2. The summed E-state index contributed by atoms with van der Waals surface area (Å²) in [6.45, 7) is 1.33. The maximum Gasteiger partial charge on any atom is 0.255 e. The Morgan fingerprint density at radius 3 is 2.21 bits per heavy atom. The molecule has 34 heavy (non-hydrogen) atoms. The number of rotatable bonds is 6. The second-order valence-corrected chi connectivity index (χ2v) is 11.3. The van der Waals surface area contributed by atoms with E-state index in [2.05, 4.69) is 5.32 Å². The quantitative estimate of drug-likeness (QED) is 0.484. The maximum atomic E-state index is 14.6. The molecule has 7 nitrogen and oxygen atoms in total. The predicted molar refractivity (Wildman–Crippen MR) is 115 cm³/mol. The van der Waals surface area contributed by atoms with Crippen LogP contribution in [0.5, 0.6) is 0 Å². The lowest BCUT2D eigenvalue weighted by molar-refractivity contribution is -0.249. The van der Waals surface area contributed by atoms with Gasteiger partial charge in [-0.25, -0.2) is 21.6 Å². The Kier molecular flexibility index (Phi) is 6.26.